The van der Waals surface area contributed by atoms with Gasteiger partial charge in [-0.2, -0.15) is 0 Å². The SMILES string of the molecule is CN(C)CC1CCCN1C(=O)C(N)c1cccs1. The first-order chi connectivity index (χ1) is 8.59. The fourth-order valence-electron chi connectivity index (χ4n) is 2.51. The third kappa shape index (κ3) is 2.91. The largest absolute Gasteiger partial charge is 0.337 e. The molecule has 1 fully saturated rings. The molecule has 18 heavy (non-hydrogen) atoms. The fraction of sp³-hybridized carbons (Fsp3) is 0.615. The van der Waals surface area contributed by atoms with Crippen molar-refractivity contribution < 1.29 is 4.79 Å². The summed E-state index contributed by atoms with van der Waals surface area (Å²) in [7, 11) is 4.08. The van der Waals surface area contributed by atoms with Crippen molar-refractivity contribution in [2.24, 2.45) is 5.73 Å². The maximum atomic E-state index is 12.4. The second kappa shape index (κ2) is 5.82. The number of thiophene rings is 1. The van der Waals surface area contributed by atoms with Gasteiger partial charge in [0.25, 0.3) is 0 Å². The first kappa shape index (κ1) is 13.5. The molecule has 4 nitrogen and oxygen atoms in total. The second-order valence-electron chi connectivity index (χ2n) is 5.08. The van der Waals surface area contributed by atoms with E-state index in [1.54, 1.807) is 11.3 Å². The topological polar surface area (TPSA) is 49.6 Å². The fourth-order valence-corrected chi connectivity index (χ4v) is 3.22. The number of amides is 1. The van der Waals surface area contributed by atoms with Crippen molar-refractivity contribution in [1.29, 1.82) is 0 Å². The number of nitrogens with two attached hydrogens (primary N) is 1. The maximum absolute atomic E-state index is 12.4. The van der Waals surface area contributed by atoms with Gasteiger partial charge in [-0.3, -0.25) is 4.79 Å². The van der Waals surface area contributed by atoms with Crippen LogP contribution in [0.25, 0.3) is 0 Å². The molecule has 1 amide bonds. The van der Waals surface area contributed by atoms with Crippen molar-refractivity contribution in [2.45, 2.75) is 24.9 Å². The van der Waals surface area contributed by atoms with E-state index < -0.39 is 6.04 Å². The molecule has 1 aliphatic heterocycles. The predicted molar refractivity (Wildman–Crippen MR) is 74.5 cm³/mol. The number of hydrogen-bond acceptors (Lipinski definition) is 4. The van der Waals surface area contributed by atoms with Crippen LogP contribution in [0.4, 0.5) is 0 Å². The summed E-state index contributed by atoms with van der Waals surface area (Å²) in [5.74, 6) is 0.0711. The molecule has 2 heterocycles. The maximum Gasteiger partial charge on any atom is 0.245 e. The van der Waals surface area contributed by atoms with Crippen LogP contribution >= 0.6 is 11.3 Å². The Morgan fingerprint density at radius 1 is 1.67 bits per heavy atom. The number of hydrogen-bond donors (Lipinski definition) is 1. The molecule has 2 atom stereocenters. The van der Waals surface area contributed by atoms with Crippen molar-refractivity contribution in [3.8, 4) is 0 Å². The molecule has 0 aromatic carbocycles. The molecule has 1 aromatic heterocycles. The van der Waals surface area contributed by atoms with Gasteiger partial charge in [-0.15, -0.1) is 11.3 Å². The normalized spacial score (nSPS) is 21.6. The zero-order valence-electron chi connectivity index (χ0n) is 11.0. The van der Waals surface area contributed by atoms with E-state index in [9.17, 15) is 4.79 Å². The highest BCUT2D eigenvalue weighted by atomic mass is 32.1. The molecule has 0 radical (unpaired) electrons. The van der Waals surface area contributed by atoms with Crippen LogP contribution in [-0.4, -0.2) is 48.9 Å². The first-order valence-electron chi connectivity index (χ1n) is 6.34. The highest BCUT2D eigenvalue weighted by Gasteiger charge is 2.32. The van der Waals surface area contributed by atoms with Crippen molar-refractivity contribution in [3.05, 3.63) is 22.4 Å². The van der Waals surface area contributed by atoms with E-state index in [1.807, 2.05) is 36.5 Å². The molecule has 100 valence electrons. The molecule has 2 unspecified atom stereocenters. The molecule has 2 N–H and O–H groups in total. The third-order valence-corrected chi connectivity index (χ3v) is 4.31. The lowest BCUT2D eigenvalue weighted by molar-refractivity contribution is -0.133. The molecule has 0 saturated carbocycles. The standard InChI is InChI=1S/C13H21N3OS/c1-15(2)9-10-5-3-7-16(10)13(17)12(14)11-6-4-8-18-11/h4,6,8,10,12H,3,5,7,9,14H2,1-2H3. The summed E-state index contributed by atoms with van der Waals surface area (Å²) in [6.45, 7) is 1.76. The quantitative estimate of drug-likeness (QED) is 0.894. The lowest BCUT2D eigenvalue weighted by atomic mass is 10.1. The van der Waals surface area contributed by atoms with Gasteiger partial charge in [0.15, 0.2) is 0 Å². The van der Waals surface area contributed by atoms with E-state index in [-0.39, 0.29) is 5.91 Å². The smallest absolute Gasteiger partial charge is 0.245 e. The number of nitrogens with zero attached hydrogens (tertiary/aromatic N) is 2. The van der Waals surface area contributed by atoms with Gasteiger partial charge in [0.05, 0.1) is 0 Å². The Morgan fingerprint density at radius 2 is 2.44 bits per heavy atom. The Balaban J connectivity index is 2.03. The molecule has 0 spiro atoms. The highest BCUT2D eigenvalue weighted by molar-refractivity contribution is 7.10. The van der Waals surface area contributed by atoms with Crippen molar-refractivity contribution in [2.75, 3.05) is 27.2 Å². The van der Waals surface area contributed by atoms with E-state index in [2.05, 4.69) is 4.90 Å². The highest BCUT2D eigenvalue weighted by Crippen LogP contribution is 2.24. The Morgan fingerprint density at radius 3 is 3.06 bits per heavy atom. The summed E-state index contributed by atoms with van der Waals surface area (Å²) < 4.78 is 0. The minimum Gasteiger partial charge on any atom is -0.337 e. The van der Waals surface area contributed by atoms with Crippen molar-refractivity contribution >= 4 is 17.2 Å². The van der Waals surface area contributed by atoms with Gasteiger partial charge in [0, 0.05) is 24.0 Å². The van der Waals surface area contributed by atoms with Crippen LogP contribution in [0.1, 0.15) is 23.8 Å². The summed E-state index contributed by atoms with van der Waals surface area (Å²) in [5, 5.41) is 1.96. The van der Waals surface area contributed by atoms with Crippen LogP contribution in [-0.2, 0) is 4.79 Å². The second-order valence-corrected chi connectivity index (χ2v) is 6.06. The Hall–Kier alpha value is -0.910. The molecular weight excluding hydrogens is 246 g/mol. The first-order valence-corrected chi connectivity index (χ1v) is 7.21. The van der Waals surface area contributed by atoms with Gasteiger partial charge < -0.3 is 15.5 Å². The molecule has 1 aromatic rings. The van der Waals surface area contributed by atoms with E-state index in [0.29, 0.717) is 6.04 Å². The summed E-state index contributed by atoms with van der Waals surface area (Å²) in [6, 6.07) is 3.70. The number of carbonyl (C=O) groups is 1. The molecule has 0 bridgehead atoms. The molecule has 2 rings (SSSR count). The monoisotopic (exact) mass is 267 g/mol. The number of likely N-dealkylation sites (N-methyl/N-ethyl adjacent to an activating group) is 1. The average molecular weight is 267 g/mol. The van der Waals surface area contributed by atoms with Crippen molar-refractivity contribution in [1.82, 2.24) is 9.80 Å². The van der Waals surface area contributed by atoms with E-state index in [0.717, 1.165) is 30.8 Å². The minimum absolute atomic E-state index is 0.0711. The average Bonchev–Trinajstić information content (AvgIpc) is 2.96. The van der Waals surface area contributed by atoms with Crippen LogP contribution < -0.4 is 5.73 Å². The molecule has 5 heteroatoms. The zero-order valence-corrected chi connectivity index (χ0v) is 11.8. The summed E-state index contributed by atoms with van der Waals surface area (Å²) in [5.41, 5.74) is 6.06. The van der Waals surface area contributed by atoms with E-state index >= 15 is 0 Å². The molecular formula is C13H21N3OS. The lowest BCUT2D eigenvalue weighted by Crippen LogP contribution is -2.45. The van der Waals surface area contributed by atoms with E-state index in [4.69, 9.17) is 5.73 Å². The summed E-state index contributed by atoms with van der Waals surface area (Å²) >= 11 is 1.55. The summed E-state index contributed by atoms with van der Waals surface area (Å²) in [6.07, 6.45) is 2.17. The lowest BCUT2D eigenvalue weighted by Gasteiger charge is -2.29. The minimum atomic E-state index is -0.493. The van der Waals surface area contributed by atoms with Gasteiger partial charge in [0.1, 0.15) is 6.04 Å². The van der Waals surface area contributed by atoms with Crippen LogP contribution in [0.3, 0.4) is 0 Å². The van der Waals surface area contributed by atoms with Crippen molar-refractivity contribution in [3.63, 3.8) is 0 Å². The van der Waals surface area contributed by atoms with Gasteiger partial charge in [-0.1, -0.05) is 6.07 Å². The Labute approximate surface area is 112 Å². The number of likely N-dealkylation sites (tertiary alicyclic amines) is 1. The number of carbonyl (C=O) groups excluding carboxylic acids is 1. The van der Waals surface area contributed by atoms with Crippen LogP contribution in [0.15, 0.2) is 17.5 Å². The molecule has 0 aliphatic carbocycles. The van der Waals surface area contributed by atoms with Gasteiger partial charge >= 0.3 is 0 Å². The van der Waals surface area contributed by atoms with Crippen LogP contribution in [0.5, 0.6) is 0 Å². The Kier molecular flexibility index (Phi) is 4.37. The van der Waals surface area contributed by atoms with E-state index in [1.165, 1.54) is 0 Å². The zero-order chi connectivity index (χ0) is 13.1. The Bertz CT molecular complexity index is 391. The number of rotatable bonds is 4. The van der Waals surface area contributed by atoms with Crippen LogP contribution in [0.2, 0.25) is 0 Å². The molecule has 1 aliphatic rings. The third-order valence-electron chi connectivity index (χ3n) is 3.35. The van der Waals surface area contributed by atoms with Gasteiger partial charge in [-0.05, 0) is 38.4 Å². The van der Waals surface area contributed by atoms with Crippen LogP contribution in [0, 0.1) is 0 Å². The van der Waals surface area contributed by atoms with Gasteiger partial charge in [-0.25, -0.2) is 0 Å². The summed E-state index contributed by atoms with van der Waals surface area (Å²) in [4.78, 5) is 17.5. The predicted octanol–water partition coefficient (Wildman–Crippen LogP) is 1.30. The molecule has 1 saturated heterocycles. The van der Waals surface area contributed by atoms with Gasteiger partial charge in [0.2, 0.25) is 5.91 Å².